The zero-order chi connectivity index (χ0) is 28.4. The van der Waals surface area contributed by atoms with E-state index in [1.165, 1.54) is 71.7 Å². The maximum Gasteiger partial charge on any atom is 0.0541 e. The molecule has 0 fully saturated rings. The van der Waals surface area contributed by atoms with Gasteiger partial charge < -0.3 is 9.13 Å². The minimum Gasteiger partial charge on any atom is -0.309 e. The Morgan fingerprint density at radius 2 is 0.857 bits per heavy atom. The maximum atomic E-state index is 2.42. The van der Waals surface area contributed by atoms with E-state index in [0.29, 0.717) is 0 Å². The molecule has 0 saturated carbocycles. The third kappa shape index (κ3) is 3.79. The number of aromatic nitrogens is 2. The summed E-state index contributed by atoms with van der Waals surface area (Å²) in [5.41, 5.74) is 11.2. The second kappa shape index (κ2) is 9.22. The highest BCUT2D eigenvalue weighted by atomic mass is 15.0. The topological polar surface area (TPSA) is 9.86 Å². The van der Waals surface area contributed by atoms with E-state index in [-0.39, 0.29) is 5.41 Å². The van der Waals surface area contributed by atoms with Crippen LogP contribution in [-0.2, 0) is 5.41 Å². The minimum atomic E-state index is 0.0875. The molecule has 0 aliphatic carbocycles. The van der Waals surface area contributed by atoms with Gasteiger partial charge in [0.2, 0.25) is 0 Å². The van der Waals surface area contributed by atoms with Gasteiger partial charge >= 0.3 is 0 Å². The van der Waals surface area contributed by atoms with Crippen LogP contribution in [0.4, 0.5) is 0 Å². The van der Waals surface area contributed by atoms with Gasteiger partial charge in [-0.2, -0.15) is 0 Å². The first-order valence-electron chi connectivity index (χ1n) is 14.7. The Hall–Kier alpha value is -5.08. The molecule has 0 unspecified atom stereocenters. The van der Waals surface area contributed by atoms with Crippen molar-refractivity contribution in [2.75, 3.05) is 0 Å². The highest BCUT2D eigenvalue weighted by Crippen LogP contribution is 2.38. The van der Waals surface area contributed by atoms with Gasteiger partial charge in [-0.15, -0.1) is 0 Å². The molecular weight excluding hydrogens is 508 g/mol. The van der Waals surface area contributed by atoms with Crippen molar-refractivity contribution in [1.82, 2.24) is 9.13 Å². The maximum absolute atomic E-state index is 2.42. The highest BCUT2D eigenvalue weighted by molar-refractivity contribution is 6.12. The lowest BCUT2D eigenvalue weighted by Crippen LogP contribution is -2.11. The number of rotatable bonds is 3. The summed E-state index contributed by atoms with van der Waals surface area (Å²) in [6, 6.07) is 51.0. The van der Waals surface area contributed by atoms with Gasteiger partial charge in [-0.3, -0.25) is 0 Å². The largest absolute Gasteiger partial charge is 0.309 e. The number of hydrogen-bond acceptors (Lipinski definition) is 0. The molecule has 0 aliphatic rings. The van der Waals surface area contributed by atoms with Crippen molar-refractivity contribution in [2.45, 2.75) is 26.2 Å². The van der Waals surface area contributed by atoms with Crippen LogP contribution in [0.15, 0.2) is 140 Å². The molecule has 2 aromatic heterocycles. The van der Waals surface area contributed by atoms with Crippen LogP contribution in [-0.4, -0.2) is 9.13 Å². The lowest BCUT2D eigenvalue weighted by atomic mass is 9.87. The molecule has 0 aliphatic heterocycles. The average Bonchev–Trinajstić information content (AvgIpc) is 3.53. The molecule has 6 aromatic carbocycles. The summed E-state index contributed by atoms with van der Waals surface area (Å²) in [6.45, 7) is 6.83. The second-order valence-corrected chi connectivity index (χ2v) is 12.3. The van der Waals surface area contributed by atoms with Crippen molar-refractivity contribution in [3.8, 4) is 22.5 Å². The van der Waals surface area contributed by atoms with E-state index in [4.69, 9.17) is 0 Å². The molecule has 202 valence electrons. The first-order valence-corrected chi connectivity index (χ1v) is 14.7. The number of benzene rings is 6. The average molecular weight is 541 g/mol. The van der Waals surface area contributed by atoms with Crippen LogP contribution in [0.5, 0.6) is 0 Å². The molecular formula is C40H32N2. The lowest BCUT2D eigenvalue weighted by Gasteiger charge is -2.20. The van der Waals surface area contributed by atoms with Gasteiger partial charge in [-0.25, -0.2) is 0 Å². The van der Waals surface area contributed by atoms with E-state index in [2.05, 4.69) is 169 Å². The molecule has 0 amide bonds. The molecule has 0 atom stereocenters. The Morgan fingerprint density at radius 3 is 1.43 bits per heavy atom. The number of para-hydroxylation sites is 3. The number of nitrogens with zero attached hydrogens (tertiary/aromatic N) is 2. The standard InChI is InChI=1S/C40H32N2/c1-40(2,3)29-12-11-15-31(26-29)42-37-19-10-8-17-33(37)35-25-28(21-23-39(35)42)27-20-22-38-34(24-27)32-16-7-9-18-36(32)41(38)30-13-5-4-6-14-30/h4-26H,1-3H3. The van der Waals surface area contributed by atoms with Gasteiger partial charge in [0, 0.05) is 32.9 Å². The molecule has 42 heavy (non-hydrogen) atoms. The van der Waals surface area contributed by atoms with Gasteiger partial charge in [0.15, 0.2) is 0 Å². The zero-order valence-corrected chi connectivity index (χ0v) is 24.2. The summed E-state index contributed by atoms with van der Waals surface area (Å²) >= 11 is 0. The van der Waals surface area contributed by atoms with Gasteiger partial charge in [-0.05, 0) is 82.8 Å². The third-order valence-corrected chi connectivity index (χ3v) is 8.66. The number of fused-ring (bicyclic) bond motifs is 6. The first-order chi connectivity index (χ1) is 20.5. The van der Waals surface area contributed by atoms with Crippen LogP contribution in [0.3, 0.4) is 0 Å². The van der Waals surface area contributed by atoms with Crippen LogP contribution in [0.2, 0.25) is 0 Å². The minimum absolute atomic E-state index is 0.0875. The monoisotopic (exact) mass is 540 g/mol. The quantitative estimate of drug-likeness (QED) is 0.211. The molecule has 8 aromatic rings. The fourth-order valence-electron chi connectivity index (χ4n) is 6.55. The van der Waals surface area contributed by atoms with E-state index in [1.807, 2.05) is 0 Å². The zero-order valence-electron chi connectivity index (χ0n) is 24.2. The predicted octanol–water partition coefficient (Wildman–Crippen LogP) is 10.8. The van der Waals surface area contributed by atoms with Gasteiger partial charge in [0.05, 0.1) is 22.1 Å². The Bertz CT molecular complexity index is 2270. The SMILES string of the molecule is CC(C)(C)c1cccc(-n2c3ccccc3c3cc(-c4ccc5c(c4)c4ccccc4n5-c4ccccc4)ccc32)c1. The Balaban J connectivity index is 1.33. The third-order valence-electron chi connectivity index (χ3n) is 8.66. The number of hydrogen-bond donors (Lipinski definition) is 0. The van der Waals surface area contributed by atoms with Crippen LogP contribution in [0.25, 0.3) is 66.1 Å². The van der Waals surface area contributed by atoms with Crippen LogP contribution < -0.4 is 0 Å². The smallest absolute Gasteiger partial charge is 0.0541 e. The van der Waals surface area contributed by atoms with Gasteiger partial charge in [0.25, 0.3) is 0 Å². The van der Waals surface area contributed by atoms with E-state index in [0.717, 1.165) is 0 Å². The van der Waals surface area contributed by atoms with Crippen LogP contribution in [0.1, 0.15) is 26.3 Å². The molecule has 8 rings (SSSR count). The molecule has 2 nitrogen and oxygen atoms in total. The molecule has 2 heterocycles. The first kappa shape index (κ1) is 24.7. The molecule has 0 spiro atoms. The molecule has 0 N–H and O–H groups in total. The summed E-state index contributed by atoms with van der Waals surface area (Å²) < 4.78 is 4.79. The summed E-state index contributed by atoms with van der Waals surface area (Å²) in [5.74, 6) is 0. The lowest BCUT2D eigenvalue weighted by molar-refractivity contribution is 0.590. The Kier molecular flexibility index (Phi) is 5.42. The molecule has 0 bridgehead atoms. The summed E-state index contributed by atoms with van der Waals surface area (Å²) in [7, 11) is 0. The Morgan fingerprint density at radius 1 is 0.381 bits per heavy atom. The van der Waals surface area contributed by atoms with E-state index in [9.17, 15) is 0 Å². The fraction of sp³-hybridized carbons (Fsp3) is 0.100. The van der Waals surface area contributed by atoms with E-state index >= 15 is 0 Å². The molecule has 0 saturated heterocycles. The van der Waals surface area contributed by atoms with Crippen molar-refractivity contribution < 1.29 is 0 Å². The Labute approximate surface area is 246 Å². The molecule has 2 heteroatoms. The van der Waals surface area contributed by atoms with Crippen molar-refractivity contribution in [3.05, 3.63) is 145 Å². The fourth-order valence-corrected chi connectivity index (χ4v) is 6.55. The predicted molar refractivity (Wildman–Crippen MR) is 179 cm³/mol. The normalized spacial score (nSPS) is 12.2. The van der Waals surface area contributed by atoms with Crippen molar-refractivity contribution in [1.29, 1.82) is 0 Å². The van der Waals surface area contributed by atoms with Crippen LogP contribution in [0, 0.1) is 0 Å². The van der Waals surface area contributed by atoms with Gasteiger partial charge in [-0.1, -0.05) is 99.6 Å². The molecule has 0 radical (unpaired) electrons. The van der Waals surface area contributed by atoms with E-state index in [1.54, 1.807) is 0 Å². The van der Waals surface area contributed by atoms with E-state index < -0.39 is 0 Å². The second-order valence-electron chi connectivity index (χ2n) is 12.3. The van der Waals surface area contributed by atoms with Crippen molar-refractivity contribution in [3.63, 3.8) is 0 Å². The van der Waals surface area contributed by atoms with Crippen molar-refractivity contribution in [2.24, 2.45) is 0 Å². The summed E-state index contributed by atoms with van der Waals surface area (Å²) in [4.78, 5) is 0. The summed E-state index contributed by atoms with van der Waals surface area (Å²) in [5, 5.41) is 5.09. The summed E-state index contributed by atoms with van der Waals surface area (Å²) in [6.07, 6.45) is 0. The van der Waals surface area contributed by atoms with Crippen molar-refractivity contribution >= 4 is 43.6 Å². The van der Waals surface area contributed by atoms with Gasteiger partial charge in [0.1, 0.15) is 0 Å². The highest BCUT2D eigenvalue weighted by Gasteiger charge is 2.18. The van der Waals surface area contributed by atoms with Crippen LogP contribution >= 0.6 is 0 Å².